The number of aromatic carboxylic acids is 1. The Bertz CT molecular complexity index is 817. The van der Waals surface area contributed by atoms with Crippen molar-refractivity contribution in [2.45, 2.75) is 4.90 Å². The molecule has 2 N–H and O–H groups in total. The molecule has 1 aromatic heterocycles. The van der Waals surface area contributed by atoms with Crippen LogP contribution in [0.4, 0.5) is 18.9 Å². The summed E-state index contributed by atoms with van der Waals surface area (Å²) in [5.74, 6) is -5.73. The molecule has 0 radical (unpaired) electrons. The second-order valence-electron chi connectivity index (χ2n) is 3.77. The van der Waals surface area contributed by atoms with Gasteiger partial charge in [-0.15, -0.1) is 11.3 Å². The molecular formula is C11H6F3NO4S2. The Morgan fingerprint density at radius 1 is 1.14 bits per heavy atom. The van der Waals surface area contributed by atoms with Crippen LogP contribution in [-0.4, -0.2) is 19.5 Å². The van der Waals surface area contributed by atoms with Gasteiger partial charge in [-0.2, -0.15) is 0 Å². The number of anilines is 1. The second-order valence-corrected chi connectivity index (χ2v) is 6.34. The van der Waals surface area contributed by atoms with Crippen molar-refractivity contribution in [1.29, 1.82) is 0 Å². The first-order chi connectivity index (χ1) is 9.72. The normalized spacial score (nSPS) is 11.4. The minimum Gasteiger partial charge on any atom is -0.477 e. The van der Waals surface area contributed by atoms with Crippen molar-refractivity contribution in [2.75, 3.05) is 4.72 Å². The molecule has 0 spiro atoms. The first kappa shape index (κ1) is 15.3. The molecule has 10 heteroatoms. The molecule has 112 valence electrons. The van der Waals surface area contributed by atoms with Crippen LogP contribution >= 0.6 is 11.3 Å². The summed E-state index contributed by atoms with van der Waals surface area (Å²) in [4.78, 5) is 9.81. The van der Waals surface area contributed by atoms with Crippen LogP contribution in [0, 0.1) is 17.5 Å². The molecule has 21 heavy (non-hydrogen) atoms. The summed E-state index contributed by atoms with van der Waals surface area (Å²) < 4.78 is 64.9. The third-order valence-corrected chi connectivity index (χ3v) is 4.81. The quantitative estimate of drug-likeness (QED) is 0.840. The number of hydrogen-bond donors (Lipinski definition) is 2. The highest BCUT2D eigenvalue weighted by Crippen LogP contribution is 2.26. The lowest BCUT2D eigenvalue weighted by molar-refractivity contribution is 0.0698. The van der Waals surface area contributed by atoms with E-state index in [1.165, 1.54) is 5.38 Å². The van der Waals surface area contributed by atoms with E-state index in [9.17, 15) is 26.4 Å². The Morgan fingerprint density at radius 2 is 1.76 bits per heavy atom. The number of benzene rings is 1. The fourth-order valence-corrected chi connectivity index (χ4v) is 3.78. The van der Waals surface area contributed by atoms with Crippen LogP contribution in [0.3, 0.4) is 0 Å². The van der Waals surface area contributed by atoms with Gasteiger partial charge in [0.15, 0.2) is 11.6 Å². The molecule has 0 saturated carbocycles. The van der Waals surface area contributed by atoms with E-state index in [2.05, 4.69) is 0 Å². The lowest BCUT2D eigenvalue weighted by Crippen LogP contribution is -2.16. The van der Waals surface area contributed by atoms with Crippen LogP contribution in [0.15, 0.2) is 28.5 Å². The van der Waals surface area contributed by atoms with E-state index >= 15 is 0 Å². The predicted octanol–water partition coefficient (Wildman–Crippen LogP) is 2.66. The van der Waals surface area contributed by atoms with Crippen LogP contribution in [0.1, 0.15) is 9.67 Å². The van der Waals surface area contributed by atoms with Gasteiger partial charge >= 0.3 is 5.97 Å². The van der Waals surface area contributed by atoms with Gasteiger partial charge < -0.3 is 5.11 Å². The third-order valence-electron chi connectivity index (χ3n) is 2.37. The molecule has 5 nitrogen and oxygen atoms in total. The van der Waals surface area contributed by atoms with E-state index in [1.807, 2.05) is 0 Å². The van der Waals surface area contributed by atoms with Gasteiger partial charge in [0, 0.05) is 12.1 Å². The van der Waals surface area contributed by atoms with E-state index in [-0.39, 0.29) is 6.07 Å². The molecule has 0 atom stereocenters. The Hall–Kier alpha value is -2.07. The highest BCUT2D eigenvalue weighted by atomic mass is 32.2. The van der Waals surface area contributed by atoms with Gasteiger partial charge in [0.05, 0.1) is 5.69 Å². The van der Waals surface area contributed by atoms with E-state index in [0.29, 0.717) is 17.4 Å². The van der Waals surface area contributed by atoms with Gasteiger partial charge in [-0.1, -0.05) is 0 Å². The van der Waals surface area contributed by atoms with Crippen LogP contribution in [0.5, 0.6) is 0 Å². The molecule has 0 aliphatic carbocycles. The second kappa shape index (κ2) is 5.37. The highest BCUT2D eigenvalue weighted by Gasteiger charge is 2.25. The maximum absolute atomic E-state index is 13.4. The minimum absolute atomic E-state index is 0.179. The van der Waals surface area contributed by atoms with Crippen molar-refractivity contribution in [3.05, 3.63) is 45.9 Å². The van der Waals surface area contributed by atoms with Gasteiger partial charge in [0.2, 0.25) is 0 Å². The van der Waals surface area contributed by atoms with Crippen molar-refractivity contribution in [1.82, 2.24) is 0 Å². The molecule has 0 aliphatic heterocycles. The number of halogens is 3. The predicted molar refractivity (Wildman–Crippen MR) is 68.4 cm³/mol. The van der Waals surface area contributed by atoms with Crippen molar-refractivity contribution < 1.29 is 31.5 Å². The van der Waals surface area contributed by atoms with Crippen molar-refractivity contribution in [3.8, 4) is 0 Å². The zero-order valence-corrected chi connectivity index (χ0v) is 11.6. The van der Waals surface area contributed by atoms with Crippen LogP contribution in [0.25, 0.3) is 0 Å². The summed E-state index contributed by atoms with van der Waals surface area (Å²) in [7, 11) is -4.45. The summed E-state index contributed by atoms with van der Waals surface area (Å²) in [6.07, 6.45) is 0. The number of hydrogen-bond acceptors (Lipinski definition) is 4. The Kier molecular flexibility index (Phi) is 3.92. The average Bonchev–Trinajstić information content (AvgIpc) is 2.85. The summed E-state index contributed by atoms with van der Waals surface area (Å²) in [6, 6.07) is 1.52. The van der Waals surface area contributed by atoms with Crippen molar-refractivity contribution in [3.63, 3.8) is 0 Å². The largest absolute Gasteiger partial charge is 0.477 e. The topological polar surface area (TPSA) is 83.5 Å². The molecule has 0 bridgehead atoms. The number of thiophene rings is 1. The minimum atomic E-state index is -4.45. The van der Waals surface area contributed by atoms with Gasteiger partial charge in [0.25, 0.3) is 10.0 Å². The Labute approximate surface area is 120 Å². The van der Waals surface area contributed by atoms with Crippen LogP contribution in [-0.2, 0) is 10.0 Å². The van der Waals surface area contributed by atoms with Gasteiger partial charge in [0.1, 0.15) is 15.6 Å². The maximum Gasteiger partial charge on any atom is 0.347 e. The van der Waals surface area contributed by atoms with Crippen molar-refractivity contribution >= 4 is 33.0 Å². The van der Waals surface area contributed by atoms with Crippen LogP contribution in [0.2, 0.25) is 0 Å². The average molecular weight is 337 g/mol. The summed E-state index contributed by atoms with van der Waals surface area (Å²) in [5.41, 5.74) is -0.823. The third kappa shape index (κ3) is 3.00. The van der Waals surface area contributed by atoms with E-state index < -0.39 is 48.9 Å². The van der Waals surface area contributed by atoms with E-state index in [4.69, 9.17) is 5.11 Å². The lowest BCUT2D eigenvalue weighted by Gasteiger charge is -2.09. The summed E-state index contributed by atoms with van der Waals surface area (Å²) in [6.45, 7) is 0. The molecule has 0 aliphatic rings. The fourth-order valence-electron chi connectivity index (χ4n) is 1.47. The molecule has 0 amide bonds. The zero-order valence-electron chi connectivity index (χ0n) is 9.93. The molecule has 0 saturated heterocycles. The fraction of sp³-hybridized carbons (Fsp3) is 0. The number of carboxylic acids is 1. The molecule has 0 unspecified atom stereocenters. The molecule has 1 aromatic carbocycles. The number of sulfonamides is 1. The molecule has 2 aromatic rings. The zero-order chi connectivity index (χ0) is 15.8. The monoisotopic (exact) mass is 337 g/mol. The summed E-state index contributed by atoms with van der Waals surface area (Å²) >= 11 is 0.658. The maximum atomic E-state index is 13.4. The molecular weight excluding hydrogens is 331 g/mol. The standard InChI is InChI=1S/C11H6F3NO4S2/c12-5-3-7(14)8(4-6(5)13)15-21(18,19)9-1-2-20-10(9)11(16)17/h1-4,15H,(H,16,17). The van der Waals surface area contributed by atoms with Crippen molar-refractivity contribution in [2.24, 2.45) is 0 Å². The molecule has 2 rings (SSSR count). The number of rotatable bonds is 4. The number of carboxylic acid groups (broad SMARTS) is 1. The number of carbonyl (C=O) groups is 1. The van der Waals surface area contributed by atoms with Gasteiger partial charge in [-0.3, -0.25) is 4.72 Å². The first-order valence-corrected chi connectivity index (χ1v) is 7.57. The summed E-state index contributed by atoms with van der Waals surface area (Å²) in [5, 5.41) is 10.1. The van der Waals surface area contributed by atoms with E-state index in [0.717, 1.165) is 6.07 Å². The first-order valence-electron chi connectivity index (χ1n) is 5.20. The highest BCUT2D eigenvalue weighted by molar-refractivity contribution is 7.93. The van der Waals surface area contributed by atoms with Gasteiger partial charge in [-0.25, -0.2) is 26.4 Å². The lowest BCUT2D eigenvalue weighted by atomic mass is 10.3. The number of nitrogens with one attached hydrogen (secondary N) is 1. The van der Waals surface area contributed by atoms with E-state index in [1.54, 1.807) is 4.72 Å². The smallest absolute Gasteiger partial charge is 0.347 e. The SMILES string of the molecule is O=C(O)c1sccc1S(=O)(=O)Nc1cc(F)c(F)cc1F. The molecule has 1 heterocycles. The van der Waals surface area contributed by atoms with Crippen LogP contribution < -0.4 is 4.72 Å². The Morgan fingerprint density at radius 3 is 2.38 bits per heavy atom. The van der Waals surface area contributed by atoms with Gasteiger partial charge in [-0.05, 0) is 11.4 Å². The molecule has 0 fully saturated rings. The Balaban J connectivity index is 2.45.